The number of rotatable bonds is 3. The Morgan fingerprint density at radius 1 is 1.47 bits per heavy atom. The third-order valence-corrected chi connectivity index (χ3v) is 2.30. The van der Waals surface area contributed by atoms with Gasteiger partial charge in [-0.15, -0.1) is 0 Å². The van der Waals surface area contributed by atoms with Gasteiger partial charge in [0.25, 0.3) is 5.91 Å². The van der Waals surface area contributed by atoms with E-state index in [0.717, 1.165) is 0 Å². The lowest BCUT2D eigenvalue weighted by molar-refractivity contribution is -0.122. The molecule has 1 atom stereocenters. The number of amides is 3. The smallest absolute Gasteiger partial charge is 0.324 e. The molecule has 1 rings (SSSR count). The van der Waals surface area contributed by atoms with Gasteiger partial charge in [0.15, 0.2) is 0 Å². The first-order chi connectivity index (χ1) is 6.72. The van der Waals surface area contributed by atoms with Crippen molar-refractivity contribution in [3.8, 4) is 0 Å². The molecule has 1 saturated heterocycles. The number of imide groups is 1. The summed E-state index contributed by atoms with van der Waals surface area (Å²) in [7, 11) is 0. The third-order valence-electron chi connectivity index (χ3n) is 2.30. The standard InChI is InChI=1S/C10H19N3O2/c1-6(2)7-8(14)12-9(15)13(7)5-10(3,4)11/h6-7H,5,11H2,1-4H3,(H,12,14,15). The summed E-state index contributed by atoms with van der Waals surface area (Å²) in [6, 6.07) is -0.724. The Morgan fingerprint density at radius 3 is 2.40 bits per heavy atom. The Labute approximate surface area is 90.0 Å². The third kappa shape index (κ3) is 2.68. The molecule has 1 heterocycles. The Morgan fingerprint density at radius 2 is 2.00 bits per heavy atom. The highest BCUT2D eigenvalue weighted by atomic mass is 16.2. The fourth-order valence-corrected chi connectivity index (χ4v) is 1.79. The summed E-state index contributed by atoms with van der Waals surface area (Å²) in [4.78, 5) is 24.5. The van der Waals surface area contributed by atoms with E-state index in [1.807, 2.05) is 27.7 Å². The molecule has 0 aliphatic carbocycles. The largest absolute Gasteiger partial charge is 0.324 e. The van der Waals surface area contributed by atoms with Crippen LogP contribution in [0.1, 0.15) is 27.7 Å². The molecule has 0 aromatic carbocycles. The molecule has 86 valence electrons. The highest BCUT2D eigenvalue weighted by molar-refractivity contribution is 6.04. The van der Waals surface area contributed by atoms with E-state index in [1.54, 1.807) is 0 Å². The van der Waals surface area contributed by atoms with Crippen LogP contribution in [0.5, 0.6) is 0 Å². The lowest BCUT2D eigenvalue weighted by Crippen LogP contribution is -2.50. The fourth-order valence-electron chi connectivity index (χ4n) is 1.79. The second-order valence-corrected chi connectivity index (χ2v) is 5.10. The number of carbonyl (C=O) groups excluding carboxylic acids is 2. The molecular formula is C10H19N3O2. The summed E-state index contributed by atoms with van der Waals surface area (Å²) in [5.41, 5.74) is 5.36. The minimum atomic E-state index is -0.491. The molecule has 5 heteroatoms. The Hall–Kier alpha value is -1.10. The van der Waals surface area contributed by atoms with Crippen LogP contribution < -0.4 is 11.1 Å². The summed E-state index contributed by atoms with van der Waals surface area (Å²) >= 11 is 0. The normalized spacial score (nSPS) is 22.5. The topological polar surface area (TPSA) is 75.4 Å². The van der Waals surface area contributed by atoms with Gasteiger partial charge in [-0.05, 0) is 19.8 Å². The molecule has 3 amide bonds. The van der Waals surface area contributed by atoms with Crippen molar-refractivity contribution >= 4 is 11.9 Å². The zero-order valence-corrected chi connectivity index (χ0v) is 9.70. The van der Waals surface area contributed by atoms with Crippen molar-refractivity contribution < 1.29 is 9.59 Å². The Bertz CT molecular complexity index is 281. The molecule has 1 aliphatic heterocycles. The van der Waals surface area contributed by atoms with Crippen molar-refractivity contribution in [1.82, 2.24) is 10.2 Å². The quantitative estimate of drug-likeness (QED) is 0.662. The van der Waals surface area contributed by atoms with E-state index in [-0.39, 0.29) is 23.9 Å². The molecule has 1 fully saturated rings. The van der Waals surface area contributed by atoms with E-state index in [0.29, 0.717) is 6.54 Å². The number of nitrogens with one attached hydrogen (secondary N) is 1. The first-order valence-electron chi connectivity index (χ1n) is 5.13. The molecular weight excluding hydrogens is 194 g/mol. The van der Waals surface area contributed by atoms with Gasteiger partial charge in [0.05, 0.1) is 0 Å². The van der Waals surface area contributed by atoms with Crippen molar-refractivity contribution in [3.63, 3.8) is 0 Å². The molecule has 0 bridgehead atoms. The van der Waals surface area contributed by atoms with E-state index in [1.165, 1.54) is 4.90 Å². The van der Waals surface area contributed by atoms with E-state index in [2.05, 4.69) is 5.32 Å². The van der Waals surface area contributed by atoms with Crippen LogP contribution in [-0.4, -0.2) is 35.0 Å². The van der Waals surface area contributed by atoms with Gasteiger partial charge in [0, 0.05) is 12.1 Å². The number of carbonyl (C=O) groups is 2. The molecule has 3 N–H and O–H groups in total. The second-order valence-electron chi connectivity index (χ2n) is 5.10. The van der Waals surface area contributed by atoms with Gasteiger partial charge >= 0.3 is 6.03 Å². The molecule has 1 unspecified atom stereocenters. The Kier molecular flexibility index (Phi) is 3.04. The summed E-state index contributed by atoms with van der Waals surface area (Å²) in [5.74, 6) is -0.127. The molecule has 0 aromatic rings. The van der Waals surface area contributed by atoms with Gasteiger partial charge in [-0.2, -0.15) is 0 Å². The lowest BCUT2D eigenvalue weighted by Gasteiger charge is -2.30. The fraction of sp³-hybridized carbons (Fsp3) is 0.800. The van der Waals surface area contributed by atoms with Crippen LogP contribution in [0.15, 0.2) is 0 Å². The van der Waals surface area contributed by atoms with Gasteiger partial charge in [-0.1, -0.05) is 13.8 Å². The lowest BCUT2D eigenvalue weighted by atomic mass is 10.0. The van der Waals surface area contributed by atoms with Crippen molar-refractivity contribution in [2.45, 2.75) is 39.3 Å². The van der Waals surface area contributed by atoms with Gasteiger partial charge in [0.1, 0.15) is 6.04 Å². The van der Waals surface area contributed by atoms with Crippen molar-refractivity contribution in [2.75, 3.05) is 6.54 Å². The minimum Gasteiger partial charge on any atom is -0.324 e. The number of urea groups is 1. The van der Waals surface area contributed by atoms with E-state index in [9.17, 15) is 9.59 Å². The predicted molar refractivity (Wildman–Crippen MR) is 57.1 cm³/mol. The predicted octanol–water partition coefficient (Wildman–Crippen LogP) is 0.300. The number of hydrogen-bond acceptors (Lipinski definition) is 3. The molecule has 1 aliphatic rings. The van der Waals surface area contributed by atoms with Crippen molar-refractivity contribution in [2.24, 2.45) is 11.7 Å². The summed E-state index contributed by atoms with van der Waals surface area (Å²) in [6.07, 6.45) is 0. The van der Waals surface area contributed by atoms with Crippen LogP contribution in [0, 0.1) is 5.92 Å². The van der Waals surface area contributed by atoms with E-state index < -0.39 is 5.54 Å². The zero-order valence-electron chi connectivity index (χ0n) is 9.70. The van der Waals surface area contributed by atoms with E-state index >= 15 is 0 Å². The summed E-state index contributed by atoms with van der Waals surface area (Å²) in [6.45, 7) is 7.88. The summed E-state index contributed by atoms with van der Waals surface area (Å²) in [5, 5.41) is 2.31. The first-order valence-corrected chi connectivity index (χ1v) is 5.13. The molecule has 5 nitrogen and oxygen atoms in total. The van der Waals surface area contributed by atoms with Gasteiger partial charge < -0.3 is 10.6 Å². The Balaban J connectivity index is 2.84. The van der Waals surface area contributed by atoms with Crippen LogP contribution in [0.3, 0.4) is 0 Å². The van der Waals surface area contributed by atoms with Gasteiger partial charge in [-0.25, -0.2) is 4.79 Å². The molecule has 15 heavy (non-hydrogen) atoms. The first kappa shape index (κ1) is 12.0. The van der Waals surface area contributed by atoms with Crippen LogP contribution in [-0.2, 0) is 4.79 Å². The van der Waals surface area contributed by atoms with Crippen LogP contribution in [0.25, 0.3) is 0 Å². The number of hydrogen-bond donors (Lipinski definition) is 2. The molecule has 0 radical (unpaired) electrons. The van der Waals surface area contributed by atoms with Crippen LogP contribution >= 0.6 is 0 Å². The van der Waals surface area contributed by atoms with Crippen molar-refractivity contribution in [1.29, 1.82) is 0 Å². The number of nitrogens with zero attached hydrogens (tertiary/aromatic N) is 1. The van der Waals surface area contributed by atoms with Crippen LogP contribution in [0.2, 0.25) is 0 Å². The maximum absolute atomic E-state index is 11.5. The molecule has 0 saturated carbocycles. The van der Waals surface area contributed by atoms with Gasteiger partial charge in [-0.3, -0.25) is 10.1 Å². The SMILES string of the molecule is CC(C)C1C(=O)NC(=O)N1CC(C)(C)N. The zero-order chi connectivity index (χ0) is 11.8. The van der Waals surface area contributed by atoms with Crippen LogP contribution in [0.4, 0.5) is 4.79 Å². The molecule has 0 spiro atoms. The summed E-state index contributed by atoms with van der Waals surface area (Å²) < 4.78 is 0. The monoisotopic (exact) mass is 213 g/mol. The highest BCUT2D eigenvalue weighted by Gasteiger charge is 2.41. The average Bonchev–Trinajstić information content (AvgIpc) is 2.23. The molecule has 0 aromatic heterocycles. The maximum atomic E-state index is 11.5. The average molecular weight is 213 g/mol. The van der Waals surface area contributed by atoms with Gasteiger partial charge in [0.2, 0.25) is 0 Å². The number of nitrogens with two attached hydrogens (primary N) is 1. The van der Waals surface area contributed by atoms with E-state index in [4.69, 9.17) is 5.73 Å². The van der Waals surface area contributed by atoms with Crippen molar-refractivity contribution in [3.05, 3.63) is 0 Å². The maximum Gasteiger partial charge on any atom is 0.324 e. The second kappa shape index (κ2) is 3.81. The minimum absolute atomic E-state index is 0.0961. The highest BCUT2D eigenvalue weighted by Crippen LogP contribution is 2.18.